The highest BCUT2D eigenvalue weighted by Crippen LogP contribution is 2.30. The number of para-hydroxylation sites is 2. The first kappa shape index (κ1) is 23.1. The molecule has 12 nitrogen and oxygen atoms in total. The SMILES string of the molecule is OC[C@@H]1O[C@@H](Nc2ccccc2N[C@@H]2O[C@H](CO)[C@@H](O)[C@H](O)[C@@H]2O)[C@@H](O)[C@H](O)[C@@H]1O. The second kappa shape index (κ2) is 9.70. The Kier molecular flexibility index (Phi) is 7.47. The van der Waals surface area contributed by atoms with E-state index in [1.54, 1.807) is 24.3 Å². The fraction of sp³-hybridized carbons (Fsp3) is 0.667. The van der Waals surface area contributed by atoms with Crippen LogP contribution in [-0.2, 0) is 9.47 Å². The molecule has 3 rings (SSSR count). The van der Waals surface area contributed by atoms with Crippen LogP contribution >= 0.6 is 0 Å². The number of nitrogens with one attached hydrogen (secondary N) is 2. The highest BCUT2D eigenvalue weighted by Gasteiger charge is 2.45. The van der Waals surface area contributed by atoms with Crippen molar-refractivity contribution < 1.29 is 50.3 Å². The molecule has 0 aliphatic carbocycles. The highest BCUT2D eigenvalue weighted by molar-refractivity contribution is 5.69. The summed E-state index contributed by atoms with van der Waals surface area (Å²) >= 11 is 0. The molecule has 0 aromatic heterocycles. The van der Waals surface area contributed by atoms with Gasteiger partial charge < -0.3 is 61.0 Å². The number of hydrogen-bond acceptors (Lipinski definition) is 12. The van der Waals surface area contributed by atoms with Crippen LogP contribution in [0.3, 0.4) is 0 Å². The summed E-state index contributed by atoms with van der Waals surface area (Å²) in [4.78, 5) is 0. The van der Waals surface area contributed by atoms with E-state index < -0.39 is 74.5 Å². The molecule has 0 bridgehead atoms. The third-order valence-corrected chi connectivity index (χ3v) is 5.31. The zero-order valence-electron chi connectivity index (χ0n) is 15.9. The van der Waals surface area contributed by atoms with E-state index in [0.717, 1.165) is 0 Å². The Morgan fingerprint density at radius 3 is 1.30 bits per heavy atom. The Hall–Kier alpha value is -1.58. The van der Waals surface area contributed by atoms with Gasteiger partial charge in [0, 0.05) is 0 Å². The van der Waals surface area contributed by atoms with Gasteiger partial charge in [-0.15, -0.1) is 0 Å². The molecule has 0 spiro atoms. The van der Waals surface area contributed by atoms with Gasteiger partial charge in [0.1, 0.15) is 48.8 Å². The van der Waals surface area contributed by atoms with Crippen molar-refractivity contribution in [2.75, 3.05) is 23.8 Å². The molecule has 12 heteroatoms. The van der Waals surface area contributed by atoms with Crippen LogP contribution in [0.4, 0.5) is 11.4 Å². The fourth-order valence-corrected chi connectivity index (χ4v) is 3.48. The zero-order chi connectivity index (χ0) is 22.0. The van der Waals surface area contributed by atoms with Crippen molar-refractivity contribution >= 4 is 11.4 Å². The van der Waals surface area contributed by atoms with E-state index in [4.69, 9.17) is 9.47 Å². The molecular formula is C18H28N2O10. The summed E-state index contributed by atoms with van der Waals surface area (Å²) in [6, 6.07) is 6.50. The molecule has 30 heavy (non-hydrogen) atoms. The number of aliphatic hydroxyl groups excluding tert-OH is 8. The largest absolute Gasteiger partial charge is 0.394 e. The van der Waals surface area contributed by atoms with Gasteiger partial charge in [-0.05, 0) is 12.1 Å². The molecule has 10 atom stereocenters. The number of benzene rings is 1. The third kappa shape index (κ3) is 4.53. The second-order valence-corrected chi connectivity index (χ2v) is 7.33. The topological polar surface area (TPSA) is 204 Å². The molecule has 0 unspecified atom stereocenters. The predicted octanol–water partition coefficient (Wildman–Crippen LogP) is -3.89. The van der Waals surface area contributed by atoms with Crippen molar-refractivity contribution in [3.8, 4) is 0 Å². The summed E-state index contributed by atoms with van der Waals surface area (Å²) in [5.41, 5.74) is 0.692. The molecule has 170 valence electrons. The van der Waals surface area contributed by atoms with Crippen molar-refractivity contribution in [1.82, 2.24) is 0 Å². The smallest absolute Gasteiger partial charge is 0.157 e. The van der Waals surface area contributed by atoms with Gasteiger partial charge in [0.15, 0.2) is 12.5 Å². The van der Waals surface area contributed by atoms with Gasteiger partial charge >= 0.3 is 0 Å². The number of ether oxygens (including phenoxy) is 2. The van der Waals surface area contributed by atoms with Crippen LogP contribution in [0, 0.1) is 0 Å². The number of anilines is 2. The lowest BCUT2D eigenvalue weighted by Crippen LogP contribution is -2.61. The van der Waals surface area contributed by atoms with E-state index >= 15 is 0 Å². The summed E-state index contributed by atoms with van der Waals surface area (Å²) in [5.74, 6) is 0. The maximum absolute atomic E-state index is 10.2. The molecule has 2 aliphatic rings. The van der Waals surface area contributed by atoms with Crippen LogP contribution in [-0.4, -0.2) is 115 Å². The molecule has 0 saturated carbocycles. The predicted molar refractivity (Wildman–Crippen MR) is 101 cm³/mol. The van der Waals surface area contributed by atoms with Gasteiger partial charge in [-0.3, -0.25) is 0 Å². The first-order chi connectivity index (χ1) is 14.3. The first-order valence-electron chi connectivity index (χ1n) is 9.51. The summed E-state index contributed by atoms with van der Waals surface area (Å²) < 4.78 is 10.9. The van der Waals surface area contributed by atoms with Crippen LogP contribution in [0.2, 0.25) is 0 Å². The van der Waals surface area contributed by atoms with E-state index in [9.17, 15) is 40.9 Å². The fourth-order valence-electron chi connectivity index (χ4n) is 3.48. The van der Waals surface area contributed by atoms with Crippen LogP contribution in [0.1, 0.15) is 0 Å². The molecule has 2 saturated heterocycles. The average molecular weight is 432 g/mol. The van der Waals surface area contributed by atoms with Gasteiger partial charge in [-0.25, -0.2) is 0 Å². The molecule has 1 aromatic rings. The van der Waals surface area contributed by atoms with Gasteiger partial charge in [0.2, 0.25) is 0 Å². The molecule has 2 heterocycles. The van der Waals surface area contributed by atoms with E-state index in [1.165, 1.54) is 0 Å². The van der Waals surface area contributed by atoms with Gasteiger partial charge in [-0.1, -0.05) is 12.1 Å². The Morgan fingerprint density at radius 2 is 0.967 bits per heavy atom. The monoisotopic (exact) mass is 432 g/mol. The van der Waals surface area contributed by atoms with E-state index in [1.807, 2.05) is 0 Å². The first-order valence-corrected chi connectivity index (χ1v) is 9.51. The normalized spacial score (nSPS) is 42.0. The summed E-state index contributed by atoms with van der Waals surface area (Å²) in [6.07, 6.45) is -13.7. The van der Waals surface area contributed by atoms with Crippen LogP contribution in [0.25, 0.3) is 0 Å². The quantitative estimate of drug-likeness (QED) is 0.210. The Morgan fingerprint density at radius 1 is 0.600 bits per heavy atom. The molecule has 0 radical (unpaired) electrons. The van der Waals surface area contributed by atoms with Gasteiger partial charge in [0.25, 0.3) is 0 Å². The lowest BCUT2D eigenvalue weighted by Gasteiger charge is -2.42. The number of aliphatic hydroxyl groups is 8. The molecule has 10 N–H and O–H groups in total. The molecular weight excluding hydrogens is 404 g/mol. The standard InChI is InChI=1S/C18H28N2O10/c21-5-9-11(23)13(25)15(27)17(29-9)19-7-3-1-2-4-8(7)20-18-16(28)14(26)12(24)10(6-22)30-18/h1-4,9-28H,5-6H2/t9-,10+,11-,12-,13+,14-,15+,16+,17-,18-/m1/s1. The molecule has 0 amide bonds. The lowest BCUT2D eigenvalue weighted by molar-refractivity contribution is -0.222. The second-order valence-electron chi connectivity index (χ2n) is 7.33. The maximum atomic E-state index is 10.2. The van der Waals surface area contributed by atoms with Crippen molar-refractivity contribution in [2.24, 2.45) is 0 Å². The number of hydrogen-bond donors (Lipinski definition) is 10. The summed E-state index contributed by atoms with van der Waals surface area (Å²) in [5, 5.41) is 84.4. The van der Waals surface area contributed by atoms with Crippen molar-refractivity contribution in [3.05, 3.63) is 24.3 Å². The van der Waals surface area contributed by atoms with Gasteiger partial charge in [0.05, 0.1) is 24.6 Å². The van der Waals surface area contributed by atoms with Crippen molar-refractivity contribution in [3.63, 3.8) is 0 Å². The van der Waals surface area contributed by atoms with Crippen LogP contribution < -0.4 is 10.6 Å². The molecule has 1 aromatic carbocycles. The zero-order valence-corrected chi connectivity index (χ0v) is 15.9. The van der Waals surface area contributed by atoms with Crippen molar-refractivity contribution in [2.45, 2.75) is 61.3 Å². The highest BCUT2D eigenvalue weighted by atomic mass is 16.6. The summed E-state index contributed by atoms with van der Waals surface area (Å²) in [6.45, 7) is -1.15. The van der Waals surface area contributed by atoms with E-state index in [-0.39, 0.29) is 0 Å². The third-order valence-electron chi connectivity index (χ3n) is 5.31. The Bertz CT molecular complexity index is 636. The van der Waals surface area contributed by atoms with E-state index in [2.05, 4.69) is 10.6 Å². The minimum Gasteiger partial charge on any atom is -0.394 e. The Labute approximate surface area is 171 Å². The summed E-state index contributed by atoms with van der Waals surface area (Å²) in [7, 11) is 0. The van der Waals surface area contributed by atoms with Gasteiger partial charge in [-0.2, -0.15) is 0 Å². The maximum Gasteiger partial charge on any atom is 0.157 e. The molecule has 2 fully saturated rings. The van der Waals surface area contributed by atoms with Crippen LogP contribution in [0.15, 0.2) is 24.3 Å². The number of rotatable bonds is 6. The average Bonchev–Trinajstić information content (AvgIpc) is 2.75. The molecule has 2 aliphatic heterocycles. The van der Waals surface area contributed by atoms with Crippen molar-refractivity contribution in [1.29, 1.82) is 0 Å². The Balaban J connectivity index is 1.76. The minimum absolute atomic E-state index is 0.346. The minimum atomic E-state index is -1.56. The lowest BCUT2D eigenvalue weighted by atomic mass is 9.98. The van der Waals surface area contributed by atoms with E-state index in [0.29, 0.717) is 11.4 Å². The van der Waals surface area contributed by atoms with Crippen LogP contribution in [0.5, 0.6) is 0 Å².